The first-order valence-electron chi connectivity index (χ1n) is 5.23. The van der Waals surface area contributed by atoms with Crippen molar-refractivity contribution in [1.82, 2.24) is 5.32 Å². The highest BCUT2D eigenvalue weighted by atomic mass is 16.4. The van der Waals surface area contributed by atoms with E-state index in [2.05, 4.69) is 24.3 Å². The Morgan fingerprint density at radius 3 is 2.86 bits per heavy atom. The van der Waals surface area contributed by atoms with E-state index in [1.165, 1.54) is 19.3 Å². The zero-order chi connectivity index (χ0) is 10.6. The van der Waals surface area contributed by atoms with Crippen molar-refractivity contribution in [2.24, 2.45) is 16.3 Å². The first-order chi connectivity index (χ1) is 6.53. The number of hydrogen-bond acceptors (Lipinski definition) is 3. The average molecular weight is 199 g/mol. The highest BCUT2D eigenvalue weighted by Crippen LogP contribution is 2.36. The topological polar surface area (TPSA) is 70.6 Å². The Balaban J connectivity index is 2.15. The van der Waals surface area contributed by atoms with E-state index in [1.54, 1.807) is 0 Å². The second-order valence-corrected chi connectivity index (χ2v) is 4.90. The lowest BCUT2D eigenvalue weighted by Crippen LogP contribution is -2.30. The Morgan fingerprint density at radius 2 is 2.36 bits per heavy atom. The van der Waals surface area contributed by atoms with Gasteiger partial charge in [0.1, 0.15) is 5.84 Å². The van der Waals surface area contributed by atoms with E-state index >= 15 is 0 Å². The van der Waals surface area contributed by atoms with Crippen LogP contribution in [-0.2, 0) is 0 Å². The van der Waals surface area contributed by atoms with E-state index in [-0.39, 0.29) is 0 Å². The first-order valence-corrected chi connectivity index (χ1v) is 5.23. The predicted molar refractivity (Wildman–Crippen MR) is 57.4 cm³/mol. The van der Waals surface area contributed by atoms with Gasteiger partial charge in [-0.25, -0.2) is 0 Å². The molecule has 1 saturated carbocycles. The number of amidine groups is 1. The third-order valence-electron chi connectivity index (χ3n) is 2.91. The van der Waals surface area contributed by atoms with Crippen molar-refractivity contribution >= 4 is 5.84 Å². The molecule has 0 bridgehead atoms. The molecule has 4 heteroatoms. The molecule has 14 heavy (non-hydrogen) atoms. The predicted octanol–water partition coefficient (Wildman–Crippen LogP) is 1.29. The molecule has 0 aromatic rings. The van der Waals surface area contributed by atoms with Crippen molar-refractivity contribution in [2.45, 2.75) is 45.6 Å². The van der Waals surface area contributed by atoms with Gasteiger partial charge < -0.3 is 16.3 Å². The fraction of sp³-hybridized carbons (Fsp3) is 0.900. The molecule has 0 aromatic carbocycles. The second kappa shape index (κ2) is 4.64. The summed E-state index contributed by atoms with van der Waals surface area (Å²) in [5, 5.41) is 14.7. The first kappa shape index (κ1) is 11.3. The summed E-state index contributed by atoms with van der Waals surface area (Å²) >= 11 is 0. The van der Waals surface area contributed by atoms with Crippen LogP contribution in [0.1, 0.15) is 39.5 Å². The van der Waals surface area contributed by atoms with Crippen LogP contribution in [0.25, 0.3) is 0 Å². The average Bonchev–Trinajstić information content (AvgIpc) is 2.45. The molecular weight excluding hydrogens is 178 g/mol. The van der Waals surface area contributed by atoms with Crippen LogP contribution in [-0.4, -0.2) is 23.6 Å². The van der Waals surface area contributed by atoms with E-state index in [1.807, 2.05) is 0 Å². The summed E-state index contributed by atoms with van der Waals surface area (Å²) < 4.78 is 0. The van der Waals surface area contributed by atoms with Crippen molar-refractivity contribution < 1.29 is 5.21 Å². The summed E-state index contributed by atoms with van der Waals surface area (Å²) in [5.74, 6) is 0.301. The molecule has 0 aliphatic heterocycles. The number of hydrogen-bond donors (Lipinski definition) is 3. The third-order valence-corrected chi connectivity index (χ3v) is 2.91. The Kier molecular flexibility index (Phi) is 3.75. The minimum Gasteiger partial charge on any atom is -0.409 e. The fourth-order valence-corrected chi connectivity index (χ4v) is 2.06. The quantitative estimate of drug-likeness (QED) is 0.276. The molecule has 0 radical (unpaired) electrons. The van der Waals surface area contributed by atoms with Crippen LogP contribution >= 0.6 is 0 Å². The lowest BCUT2D eigenvalue weighted by atomic mass is 9.92. The van der Waals surface area contributed by atoms with E-state index in [0.29, 0.717) is 23.7 Å². The monoisotopic (exact) mass is 199 g/mol. The van der Waals surface area contributed by atoms with Crippen LogP contribution in [0.4, 0.5) is 0 Å². The van der Waals surface area contributed by atoms with Crippen molar-refractivity contribution in [1.29, 1.82) is 0 Å². The summed E-state index contributed by atoms with van der Waals surface area (Å²) in [6, 6.07) is 0.608. The molecule has 0 saturated heterocycles. The number of rotatable bonds is 4. The maximum absolute atomic E-state index is 8.35. The Hall–Kier alpha value is -0.770. The molecule has 0 aromatic heterocycles. The molecule has 1 atom stereocenters. The van der Waals surface area contributed by atoms with Gasteiger partial charge in [-0.1, -0.05) is 19.0 Å². The van der Waals surface area contributed by atoms with E-state index in [9.17, 15) is 0 Å². The molecule has 1 aliphatic rings. The molecule has 4 N–H and O–H groups in total. The fourth-order valence-electron chi connectivity index (χ4n) is 2.06. The van der Waals surface area contributed by atoms with E-state index < -0.39 is 0 Å². The molecule has 4 nitrogen and oxygen atoms in total. The van der Waals surface area contributed by atoms with Gasteiger partial charge in [-0.05, 0) is 24.7 Å². The summed E-state index contributed by atoms with van der Waals surface area (Å²) in [4.78, 5) is 0. The van der Waals surface area contributed by atoms with Crippen molar-refractivity contribution in [3.8, 4) is 0 Å². The van der Waals surface area contributed by atoms with Gasteiger partial charge in [-0.15, -0.1) is 0 Å². The van der Waals surface area contributed by atoms with Crippen LogP contribution in [0.2, 0.25) is 0 Å². The van der Waals surface area contributed by atoms with Crippen molar-refractivity contribution in [3.05, 3.63) is 0 Å². The zero-order valence-electron chi connectivity index (χ0n) is 9.08. The highest BCUT2D eigenvalue weighted by Gasteiger charge is 2.30. The van der Waals surface area contributed by atoms with Gasteiger partial charge in [0.05, 0.1) is 0 Å². The van der Waals surface area contributed by atoms with Gasteiger partial charge in [0.2, 0.25) is 0 Å². The molecule has 82 valence electrons. The Labute approximate surface area is 85.6 Å². The lowest BCUT2D eigenvalue weighted by Gasteiger charge is -2.17. The van der Waals surface area contributed by atoms with Crippen LogP contribution < -0.4 is 11.1 Å². The smallest absolute Gasteiger partial charge is 0.140 e. The van der Waals surface area contributed by atoms with Gasteiger partial charge in [0, 0.05) is 19.0 Å². The largest absolute Gasteiger partial charge is 0.409 e. The molecule has 0 spiro atoms. The van der Waals surface area contributed by atoms with Gasteiger partial charge in [0.15, 0.2) is 0 Å². The van der Waals surface area contributed by atoms with Gasteiger partial charge in [0.25, 0.3) is 0 Å². The summed E-state index contributed by atoms with van der Waals surface area (Å²) in [7, 11) is 0. The number of nitrogens with two attached hydrogens (primary N) is 1. The third kappa shape index (κ3) is 3.54. The molecule has 0 heterocycles. The van der Waals surface area contributed by atoms with Crippen LogP contribution in [0.15, 0.2) is 5.16 Å². The normalized spacial score (nSPS) is 26.7. The highest BCUT2D eigenvalue weighted by molar-refractivity contribution is 5.79. The standard InChI is InChI=1S/C10H21N3O/c1-10(2)5-3-8(7-10)12-6-4-9(11)13-14/h8,12,14H,3-7H2,1-2H3,(H2,11,13). The maximum atomic E-state index is 8.35. The molecule has 0 amide bonds. The van der Waals surface area contributed by atoms with Gasteiger partial charge >= 0.3 is 0 Å². The van der Waals surface area contributed by atoms with Crippen LogP contribution in [0.3, 0.4) is 0 Å². The SMILES string of the molecule is CC1(C)CCC(NCCC(N)=NO)C1. The molecule has 1 fully saturated rings. The summed E-state index contributed by atoms with van der Waals surface area (Å²) in [5.41, 5.74) is 5.85. The minimum atomic E-state index is 0.301. The van der Waals surface area contributed by atoms with Crippen LogP contribution in [0, 0.1) is 5.41 Å². The van der Waals surface area contributed by atoms with E-state index in [4.69, 9.17) is 10.9 Å². The molecular formula is C10H21N3O. The minimum absolute atomic E-state index is 0.301. The van der Waals surface area contributed by atoms with Gasteiger partial charge in [-0.3, -0.25) is 0 Å². The number of oxime groups is 1. The van der Waals surface area contributed by atoms with E-state index in [0.717, 1.165) is 6.54 Å². The summed E-state index contributed by atoms with van der Waals surface area (Å²) in [6.07, 6.45) is 4.37. The zero-order valence-corrected chi connectivity index (χ0v) is 9.08. The molecule has 1 rings (SSSR count). The van der Waals surface area contributed by atoms with Crippen molar-refractivity contribution in [2.75, 3.05) is 6.54 Å². The maximum Gasteiger partial charge on any atom is 0.140 e. The number of nitrogens with zero attached hydrogens (tertiary/aromatic N) is 1. The Bertz CT molecular complexity index is 213. The second-order valence-electron chi connectivity index (χ2n) is 4.90. The van der Waals surface area contributed by atoms with Crippen LogP contribution in [0.5, 0.6) is 0 Å². The van der Waals surface area contributed by atoms with Gasteiger partial charge in [-0.2, -0.15) is 0 Å². The molecule has 1 unspecified atom stereocenters. The lowest BCUT2D eigenvalue weighted by molar-refractivity contribution is 0.316. The summed E-state index contributed by atoms with van der Waals surface area (Å²) in [6.45, 7) is 5.41. The Morgan fingerprint density at radius 1 is 1.64 bits per heavy atom. The van der Waals surface area contributed by atoms with Crippen molar-refractivity contribution in [3.63, 3.8) is 0 Å². The number of nitrogens with one attached hydrogen (secondary N) is 1. The molecule has 1 aliphatic carbocycles.